The van der Waals surface area contributed by atoms with Crippen LogP contribution in [0.3, 0.4) is 0 Å². The van der Waals surface area contributed by atoms with Crippen LogP contribution in [0.25, 0.3) is 0 Å². The minimum absolute atomic E-state index is 0.168. The van der Waals surface area contributed by atoms with Crippen LogP contribution in [0.4, 0.5) is 0 Å². The Morgan fingerprint density at radius 2 is 1.61 bits per heavy atom. The van der Waals surface area contributed by atoms with E-state index in [1.807, 2.05) is 0 Å². The monoisotopic (exact) mass is 309 g/mol. The van der Waals surface area contributed by atoms with Gasteiger partial charge in [0.15, 0.2) is 0 Å². The predicted molar refractivity (Wildman–Crippen MR) is 95.7 cm³/mol. The number of fused-ring (bicyclic) bond motifs is 1. The highest BCUT2D eigenvalue weighted by Gasteiger charge is 2.37. The second kappa shape index (κ2) is 7.65. The van der Waals surface area contributed by atoms with Crippen LogP contribution in [0.1, 0.15) is 49.7 Å². The lowest BCUT2D eigenvalue weighted by Crippen LogP contribution is -2.37. The van der Waals surface area contributed by atoms with Gasteiger partial charge in [0.1, 0.15) is 11.4 Å². The second-order valence-corrected chi connectivity index (χ2v) is 6.52. The second-order valence-electron chi connectivity index (χ2n) is 6.52. The lowest BCUT2D eigenvalue weighted by atomic mass is 9.81. The average molecular weight is 309 g/mol. The molecule has 1 unspecified atom stereocenters. The van der Waals surface area contributed by atoms with Crippen molar-refractivity contribution in [2.75, 3.05) is 6.54 Å². The van der Waals surface area contributed by atoms with Crippen molar-refractivity contribution in [2.24, 2.45) is 5.73 Å². The van der Waals surface area contributed by atoms with Gasteiger partial charge < -0.3 is 10.5 Å². The highest BCUT2D eigenvalue weighted by molar-refractivity contribution is 5.38. The van der Waals surface area contributed by atoms with E-state index in [1.54, 1.807) is 0 Å². The van der Waals surface area contributed by atoms with Gasteiger partial charge in [-0.2, -0.15) is 0 Å². The summed E-state index contributed by atoms with van der Waals surface area (Å²) < 4.78 is 6.59. The van der Waals surface area contributed by atoms with E-state index in [1.165, 1.54) is 30.4 Å². The van der Waals surface area contributed by atoms with Gasteiger partial charge in [0.05, 0.1) is 0 Å². The van der Waals surface area contributed by atoms with Crippen molar-refractivity contribution in [3.8, 4) is 5.75 Å². The molecule has 0 bridgehead atoms. The summed E-state index contributed by atoms with van der Waals surface area (Å²) in [6.45, 7) is 0.799. The number of para-hydroxylation sites is 1. The van der Waals surface area contributed by atoms with Crippen molar-refractivity contribution in [1.29, 1.82) is 0 Å². The molecular formula is C21H27NO. The van der Waals surface area contributed by atoms with Crippen LogP contribution in [-0.2, 0) is 12.0 Å². The van der Waals surface area contributed by atoms with E-state index in [4.69, 9.17) is 10.5 Å². The van der Waals surface area contributed by atoms with Crippen molar-refractivity contribution >= 4 is 0 Å². The van der Waals surface area contributed by atoms with Crippen molar-refractivity contribution in [3.63, 3.8) is 0 Å². The lowest BCUT2D eigenvalue weighted by molar-refractivity contribution is 0.0311. The molecule has 3 rings (SSSR count). The van der Waals surface area contributed by atoms with Gasteiger partial charge in [-0.3, -0.25) is 0 Å². The molecule has 2 heteroatoms. The summed E-state index contributed by atoms with van der Waals surface area (Å²) in [7, 11) is 0. The predicted octanol–water partition coefficient (Wildman–Crippen LogP) is 4.82. The summed E-state index contributed by atoms with van der Waals surface area (Å²) in [5, 5.41) is 0. The van der Waals surface area contributed by atoms with Crippen LogP contribution in [0.5, 0.6) is 5.75 Å². The highest BCUT2D eigenvalue weighted by atomic mass is 16.5. The van der Waals surface area contributed by atoms with E-state index >= 15 is 0 Å². The maximum atomic E-state index is 6.59. The molecule has 0 saturated heterocycles. The first-order valence-electron chi connectivity index (χ1n) is 8.87. The highest BCUT2D eigenvalue weighted by Crippen LogP contribution is 2.42. The summed E-state index contributed by atoms with van der Waals surface area (Å²) in [4.78, 5) is 0. The standard InChI is InChI=1S/C21H27NO/c22-17-9-2-1-8-15-21(19-11-4-3-5-12-19)16-14-18-10-6-7-13-20(18)23-21/h3-7,10-13H,1-2,8-9,14-17,22H2. The number of ether oxygens (including phenoxy) is 1. The van der Waals surface area contributed by atoms with Crippen molar-refractivity contribution in [3.05, 3.63) is 65.7 Å². The number of benzene rings is 2. The Morgan fingerprint density at radius 1 is 0.870 bits per heavy atom. The molecule has 0 saturated carbocycles. The molecule has 1 aliphatic rings. The van der Waals surface area contributed by atoms with Crippen molar-refractivity contribution in [1.82, 2.24) is 0 Å². The van der Waals surface area contributed by atoms with Crippen molar-refractivity contribution < 1.29 is 4.74 Å². The van der Waals surface area contributed by atoms with E-state index < -0.39 is 0 Å². The Hall–Kier alpha value is -1.80. The van der Waals surface area contributed by atoms with Crippen molar-refractivity contribution in [2.45, 2.75) is 50.5 Å². The molecule has 1 atom stereocenters. The first kappa shape index (κ1) is 16.1. The van der Waals surface area contributed by atoms with Crippen LogP contribution in [0, 0.1) is 0 Å². The third kappa shape index (κ3) is 3.76. The molecule has 0 aliphatic carbocycles. The molecule has 0 spiro atoms. The first-order valence-corrected chi connectivity index (χ1v) is 8.87. The smallest absolute Gasteiger partial charge is 0.134 e. The van der Waals surface area contributed by atoms with Crippen LogP contribution in [0.15, 0.2) is 54.6 Å². The summed E-state index contributed by atoms with van der Waals surface area (Å²) in [5.41, 5.74) is 8.08. The van der Waals surface area contributed by atoms with Gasteiger partial charge in [0.2, 0.25) is 0 Å². The molecule has 0 fully saturated rings. The molecule has 2 N–H and O–H groups in total. The quantitative estimate of drug-likeness (QED) is 0.744. The zero-order valence-corrected chi connectivity index (χ0v) is 13.8. The Morgan fingerprint density at radius 3 is 2.43 bits per heavy atom. The van der Waals surface area contributed by atoms with Crippen LogP contribution >= 0.6 is 0 Å². The zero-order valence-electron chi connectivity index (χ0n) is 13.8. The lowest BCUT2D eigenvalue weighted by Gasteiger charge is -2.39. The molecule has 122 valence electrons. The van der Waals surface area contributed by atoms with E-state index in [0.29, 0.717) is 0 Å². The van der Waals surface area contributed by atoms with E-state index in [9.17, 15) is 0 Å². The molecule has 0 radical (unpaired) electrons. The number of aryl methyl sites for hydroxylation is 1. The Labute approximate surface area is 139 Å². The molecule has 2 nitrogen and oxygen atoms in total. The van der Waals surface area contributed by atoms with Gasteiger partial charge >= 0.3 is 0 Å². The number of rotatable bonds is 7. The summed E-state index contributed by atoms with van der Waals surface area (Å²) in [6, 6.07) is 19.2. The molecule has 0 amide bonds. The van der Waals surface area contributed by atoms with Crippen LogP contribution in [-0.4, -0.2) is 6.54 Å². The fourth-order valence-corrected chi connectivity index (χ4v) is 3.58. The normalized spacial score (nSPS) is 19.9. The Bertz CT molecular complexity index is 610. The molecule has 1 heterocycles. The van der Waals surface area contributed by atoms with E-state index in [2.05, 4.69) is 54.6 Å². The minimum atomic E-state index is -0.168. The van der Waals surface area contributed by atoms with Gasteiger partial charge in [-0.15, -0.1) is 0 Å². The SMILES string of the molecule is NCCCCCCC1(c2ccccc2)CCc2ccccc2O1. The summed E-state index contributed by atoms with van der Waals surface area (Å²) in [6.07, 6.45) is 8.00. The van der Waals surface area contributed by atoms with Gasteiger partial charge in [0, 0.05) is 0 Å². The number of hydrogen-bond donors (Lipinski definition) is 1. The Balaban J connectivity index is 1.78. The van der Waals surface area contributed by atoms with Crippen LogP contribution in [0.2, 0.25) is 0 Å². The van der Waals surface area contributed by atoms with Gasteiger partial charge in [-0.1, -0.05) is 61.4 Å². The van der Waals surface area contributed by atoms with Crippen LogP contribution < -0.4 is 10.5 Å². The van der Waals surface area contributed by atoms with Gasteiger partial charge in [0.25, 0.3) is 0 Å². The van der Waals surface area contributed by atoms with Gasteiger partial charge in [-0.25, -0.2) is 0 Å². The maximum Gasteiger partial charge on any atom is 0.134 e. The average Bonchev–Trinajstić information content (AvgIpc) is 2.62. The molecule has 0 aromatic heterocycles. The molecule has 1 aliphatic heterocycles. The largest absolute Gasteiger partial charge is 0.482 e. The van der Waals surface area contributed by atoms with E-state index in [0.717, 1.165) is 38.0 Å². The fourth-order valence-electron chi connectivity index (χ4n) is 3.58. The number of unbranched alkanes of at least 4 members (excludes halogenated alkanes) is 3. The number of hydrogen-bond acceptors (Lipinski definition) is 2. The molecule has 2 aromatic rings. The number of nitrogens with two attached hydrogens (primary N) is 1. The summed E-state index contributed by atoms with van der Waals surface area (Å²) in [5.74, 6) is 1.06. The molecular weight excluding hydrogens is 282 g/mol. The Kier molecular flexibility index (Phi) is 5.35. The maximum absolute atomic E-state index is 6.59. The van der Waals surface area contributed by atoms with E-state index in [-0.39, 0.29) is 5.60 Å². The first-order chi connectivity index (χ1) is 11.3. The molecule has 2 aromatic carbocycles. The van der Waals surface area contributed by atoms with Gasteiger partial charge in [-0.05, 0) is 55.8 Å². The fraction of sp³-hybridized carbons (Fsp3) is 0.429. The third-order valence-corrected chi connectivity index (χ3v) is 4.91. The zero-order chi connectivity index (χ0) is 16.0. The topological polar surface area (TPSA) is 35.2 Å². The molecule has 23 heavy (non-hydrogen) atoms. The summed E-state index contributed by atoms with van der Waals surface area (Å²) >= 11 is 0. The minimum Gasteiger partial charge on any atom is -0.482 e. The third-order valence-electron chi connectivity index (χ3n) is 4.91.